The van der Waals surface area contributed by atoms with Crippen molar-refractivity contribution in [3.63, 3.8) is 0 Å². The highest BCUT2D eigenvalue weighted by atomic mass is 15.3. The van der Waals surface area contributed by atoms with Crippen molar-refractivity contribution in [1.82, 2.24) is 9.80 Å². The number of guanidine groups is 1. The fourth-order valence-electron chi connectivity index (χ4n) is 4.11. The monoisotopic (exact) mass is 308 g/mol. The van der Waals surface area contributed by atoms with Crippen LogP contribution in [0, 0.1) is 17.8 Å². The first-order valence-electron chi connectivity index (χ1n) is 9.31. The maximum atomic E-state index is 6.14. The third-order valence-corrected chi connectivity index (χ3v) is 5.08. The molecule has 3 atom stereocenters. The lowest BCUT2D eigenvalue weighted by molar-refractivity contribution is 0.139. The van der Waals surface area contributed by atoms with Crippen LogP contribution in [0.15, 0.2) is 4.99 Å². The van der Waals surface area contributed by atoms with Crippen molar-refractivity contribution in [2.24, 2.45) is 28.5 Å². The minimum Gasteiger partial charge on any atom is -0.370 e. The summed E-state index contributed by atoms with van der Waals surface area (Å²) in [6, 6.07) is 0. The molecule has 2 aliphatic rings. The van der Waals surface area contributed by atoms with Gasteiger partial charge in [0, 0.05) is 32.7 Å². The van der Waals surface area contributed by atoms with Crippen LogP contribution < -0.4 is 5.73 Å². The van der Waals surface area contributed by atoms with Crippen molar-refractivity contribution in [3.05, 3.63) is 0 Å². The molecule has 2 aliphatic heterocycles. The summed E-state index contributed by atoms with van der Waals surface area (Å²) in [4.78, 5) is 9.50. The molecule has 0 aliphatic carbocycles. The van der Waals surface area contributed by atoms with Crippen LogP contribution in [0.5, 0.6) is 0 Å². The largest absolute Gasteiger partial charge is 0.370 e. The molecule has 2 saturated heterocycles. The summed E-state index contributed by atoms with van der Waals surface area (Å²) < 4.78 is 0. The Morgan fingerprint density at radius 1 is 1.05 bits per heavy atom. The summed E-state index contributed by atoms with van der Waals surface area (Å²) in [5.74, 6) is 3.24. The van der Waals surface area contributed by atoms with Gasteiger partial charge in [-0.2, -0.15) is 0 Å². The highest BCUT2D eigenvalue weighted by Crippen LogP contribution is 2.21. The summed E-state index contributed by atoms with van der Waals surface area (Å²) >= 11 is 0. The van der Waals surface area contributed by atoms with E-state index in [1.165, 1.54) is 45.3 Å². The third kappa shape index (κ3) is 5.79. The van der Waals surface area contributed by atoms with Crippen LogP contribution in [0.25, 0.3) is 0 Å². The van der Waals surface area contributed by atoms with E-state index in [1.54, 1.807) is 0 Å². The highest BCUT2D eigenvalue weighted by molar-refractivity contribution is 5.78. The van der Waals surface area contributed by atoms with Gasteiger partial charge in [0.1, 0.15) is 0 Å². The van der Waals surface area contributed by atoms with Crippen molar-refractivity contribution in [3.8, 4) is 0 Å². The van der Waals surface area contributed by atoms with Crippen LogP contribution in [0.3, 0.4) is 0 Å². The molecule has 4 heteroatoms. The first kappa shape index (κ1) is 17.6. The fraction of sp³-hybridized carbons (Fsp3) is 0.944. The molecule has 2 N–H and O–H groups in total. The smallest absolute Gasteiger partial charge is 0.191 e. The highest BCUT2D eigenvalue weighted by Gasteiger charge is 2.21. The molecule has 0 radical (unpaired) electrons. The molecule has 0 amide bonds. The zero-order valence-corrected chi connectivity index (χ0v) is 14.9. The van der Waals surface area contributed by atoms with E-state index in [1.807, 2.05) is 0 Å². The van der Waals surface area contributed by atoms with Crippen molar-refractivity contribution in [1.29, 1.82) is 0 Å². The van der Waals surface area contributed by atoms with Gasteiger partial charge in [0.15, 0.2) is 5.96 Å². The van der Waals surface area contributed by atoms with Gasteiger partial charge in [-0.05, 0) is 56.4 Å². The molecule has 2 heterocycles. The number of hydrogen-bond donors (Lipinski definition) is 1. The molecule has 2 rings (SSSR count). The zero-order valence-electron chi connectivity index (χ0n) is 14.9. The molecule has 0 spiro atoms. The van der Waals surface area contributed by atoms with Crippen LogP contribution >= 0.6 is 0 Å². The van der Waals surface area contributed by atoms with Crippen LogP contribution in [-0.2, 0) is 0 Å². The molecule has 4 nitrogen and oxygen atoms in total. The van der Waals surface area contributed by atoms with Crippen molar-refractivity contribution >= 4 is 5.96 Å². The topological polar surface area (TPSA) is 44.9 Å². The summed E-state index contributed by atoms with van der Waals surface area (Å²) in [5, 5.41) is 0. The van der Waals surface area contributed by atoms with E-state index in [-0.39, 0.29) is 0 Å². The Morgan fingerprint density at radius 3 is 2.45 bits per heavy atom. The molecule has 22 heavy (non-hydrogen) atoms. The van der Waals surface area contributed by atoms with Gasteiger partial charge in [0.25, 0.3) is 0 Å². The molecule has 0 saturated carbocycles. The van der Waals surface area contributed by atoms with Gasteiger partial charge in [0.2, 0.25) is 0 Å². The number of rotatable bonds is 5. The van der Waals surface area contributed by atoms with Gasteiger partial charge in [-0.1, -0.05) is 20.8 Å². The first-order chi connectivity index (χ1) is 10.5. The van der Waals surface area contributed by atoms with Gasteiger partial charge in [0.05, 0.1) is 0 Å². The minimum absolute atomic E-state index is 0.755. The van der Waals surface area contributed by atoms with E-state index in [4.69, 9.17) is 5.73 Å². The zero-order chi connectivity index (χ0) is 15.9. The van der Waals surface area contributed by atoms with Gasteiger partial charge in [-0.15, -0.1) is 0 Å². The predicted octanol–water partition coefficient (Wildman–Crippen LogP) is 2.79. The van der Waals surface area contributed by atoms with Gasteiger partial charge >= 0.3 is 0 Å². The van der Waals surface area contributed by atoms with Crippen LogP contribution in [0.1, 0.15) is 52.9 Å². The maximum absolute atomic E-state index is 6.14. The lowest BCUT2D eigenvalue weighted by Gasteiger charge is -2.34. The summed E-state index contributed by atoms with van der Waals surface area (Å²) in [6.07, 6.45) is 6.38. The van der Waals surface area contributed by atoms with E-state index < -0.39 is 0 Å². The van der Waals surface area contributed by atoms with E-state index in [2.05, 4.69) is 35.6 Å². The Bertz CT molecular complexity index is 345. The van der Waals surface area contributed by atoms with Gasteiger partial charge in [-0.3, -0.25) is 4.99 Å². The van der Waals surface area contributed by atoms with Crippen molar-refractivity contribution in [2.45, 2.75) is 52.9 Å². The van der Waals surface area contributed by atoms with E-state index in [9.17, 15) is 0 Å². The summed E-state index contributed by atoms with van der Waals surface area (Å²) in [6.45, 7) is 13.9. The molecular weight excluding hydrogens is 272 g/mol. The second-order valence-electron chi connectivity index (χ2n) is 7.85. The average Bonchev–Trinajstić information content (AvgIpc) is 2.45. The average molecular weight is 309 g/mol. The van der Waals surface area contributed by atoms with Gasteiger partial charge in [-0.25, -0.2) is 0 Å². The van der Waals surface area contributed by atoms with E-state index >= 15 is 0 Å². The number of likely N-dealkylation sites (tertiary alicyclic amines) is 2. The molecule has 0 aromatic rings. The number of piperidine rings is 2. The Balaban J connectivity index is 1.61. The summed E-state index contributed by atoms with van der Waals surface area (Å²) in [7, 11) is 0. The Labute approximate surface area is 137 Å². The molecule has 0 bridgehead atoms. The number of nitrogens with zero attached hydrogens (tertiary/aromatic N) is 3. The second kappa shape index (κ2) is 8.76. The van der Waals surface area contributed by atoms with Crippen LogP contribution in [0.2, 0.25) is 0 Å². The quantitative estimate of drug-likeness (QED) is 0.482. The maximum Gasteiger partial charge on any atom is 0.191 e. The fourth-order valence-corrected chi connectivity index (χ4v) is 4.11. The Hall–Kier alpha value is -0.770. The molecule has 128 valence electrons. The van der Waals surface area contributed by atoms with E-state index in [0.717, 1.165) is 49.8 Å². The number of hydrogen-bond acceptors (Lipinski definition) is 2. The Kier molecular flexibility index (Phi) is 7.00. The van der Waals surface area contributed by atoms with Crippen LogP contribution in [-0.4, -0.2) is 55.0 Å². The van der Waals surface area contributed by atoms with Crippen molar-refractivity contribution < 1.29 is 0 Å². The number of unbranched alkanes of at least 4 members (excludes halogenated alkanes) is 1. The van der Waals surface area contributed by atoms with Crippen LogP contribution in [0.4, 0.5) is 0 Å². The lowest BCUT2D eigenvalue weighted by Crippen LogP contribution is -2.43. The molecule has 0 aromatic heterocycles. The lowest BCUT2D eigenvalue weighted by atomic mass is 9.92. The third-order valence-electron chi connectivity index (χ3n) is 5.08. The molecular formula is C18H36N4. The summed E-state index contributed by atoms with van der Waals surface area (Å²) in [5.41, 5.74) is 6.14. The van der Waals surface area contributed by atoms with Gasteiger partial charge < -0.3 is 15.5 Å². The standard InChI is InChI=1S/C18H36N4/c1-15-7-6-10-22(14-15)18(19)20-8-4-5-9-21-12-16(2)11-17(3)13-21/h15-17H,4-14H2,1-3H3,(H2,19,20). The molecule has 0 aromatic carbocycles. The molecule has 2 fully saturated rings. The van der Waals surface area contributed by atoms with Crippen molar-refractivity contribution in [2.75, 3.05) is 39.3 Å². The number of nitrogens with two attached hydrogens (primary N) is 1. The molecule has 3 unspecified atom stereocenters. The SMILES string of the molecule is CC1CC(C)CN(CCCCN=C(N)N2CCCC(C)C2)C1. The second-order valence-corrected chi connectivity index (χ2v) is 7.85. The minimum atomic E-state index is 0.755. The Morgan fingerprint density at radius 2 is 1.77 bits per heavy atom. The normalized spacial score (nSPS) is 31.5. The number of aliphatic imine (C=N–C) groups is 1. The predicted molar refractivity (Wildman–Crippen MR) is 95.1 cm³/mol. The first-order valence-corrected chi connectivity index (χ1v) is 9.31. The van der Waals surface area contributed by atoms with E-state index in [0.29, 0.717) is 0 Å².